The van der Waals surface area contributed by atoms with Crippen LogP contribution in [0.2, 0.25) is 0 Å². The van der Waals surface area contributed by atoms with Gasteiger partial charge >= 0.3 is 0 Å². The number of sulfone groups is 1. The lowest BCUT2D eigenvalue weighted by Gasteiger charge is -2.07. The summed E-state index contributed by atoms with van der Waals surface area (Å²) in [5, 5.41) is 2.81. The Hall–Kier alpha value is -2.14. The minimum Gasteiger partial charge on any atom is -0.348 e. The fraction of sp³-hybridized carbons (Fsp3) is 0.188. The van der Waals surface area contributed by atoms with Gasteiger partial charge in [0.2, 0.25) is 0 Å². The van der Waals surface area contributed by atoms with Crippen molar-refractivity contribution in [2.24, 2.45) is 0 Å². The van der Waals surface area contributed by atoms with Crippen molar-refractivity contribution in [3.63, 3.8) is 0 Å². The first-order chi connectivity index (χ1) is 9.86. The van der Waals surface area contributed by atoms with Gasteiger partial charge in [0.05, 0.1) is 4.90 Å². The number of nitrogens with one attached hydrogen (secondary N) is 1. The van der Waals surface area contributed by atoms with E-state index in [-0.39, 0.29) is 10.8 Å². The van der Waals surface area contributed by atoms with Crippen LogP contribution in [-0.4, -0.2) is 20.6 Å². The molecule has 2 aromatic carbocycles. The first-order valence-corrected chi connectivity index (χ1v) is 8.39. The van der Waals surface area contributed by atoms with Crippen LogP contribution in [0.5, 0.6) is 0 Å². The minimum atomic E-state index is -3.19. The van der Waals surface area contributed by atoms with Crippen LogP contribution in [0.15, 0.2) is 53.4 Å². The number of carbonyl (C=O) groups is 1. The third-order valence-corrected chi connectivity index (χ3v) is 4.21. The van der Waals surface area contributed by atoms with Crippen LogP contribution in [0.3, 0.4) is 0 Å². The molecule has 21 heavy (non-hydrogen) atoms. The van der Waals surface area contributed by atoms with E-state index < -0.39 is 9.84 Å². The van der Waals surface area contributed by atoms with Crippen LogP contribution in [0.4, 0.5) is 0 Å². The van der Waals surface area contributed by atoms with E-state index in [2.05, 4.69) is 5.32 Å². The summed E-state index contributed by atoms with van der Waals surface area (Å²) in [6.45, 7) is 2.29. The molecule has 1 amide bonds. The first kappa shape index (κ1) is 15.3. The average molecular weight is 303 g/mol. The fourth-order valence-corrected chi connectivity index (χ4v) is 2.56. The molecule has 0 aromatic heterocycles. The van der Waals surface area contributed by atoms with Crippen molar-refractivity contribution in [3.05, 3.63) is 65.2 Å². The molecule has 2 rings (SSSR count). The predicted molar refractivity (Wildman–Crippen MR) is 81.9 cm³/mol. The number of hydrogen-bond donors (Lipinski definition) is 1. The van der Waals surface area contributed by atoms with Gasteiger partial charge in [-0.3, -0.25) is 4.79 Å². The van der Waals surface area contributed by atoms with Crippen LogP contribution < -0.4 is 5.32 Å². The van der Waals surface area contributed by atoms with Gasteiger partial charge in [-0.05, 0) is 36.8 Å². The Morgan fingerprint density at radius 3 is 2.33 bits per heavy atom. The molecule has 0 aliphatic rings. The topological polar surface area (TPSA) is 63.2 Å². The summed E-state index contributed by atoms with van der Waals surface area (Å²) in [7, 11) is -3.19. The zero-order chi connectivity index (χ0) is 15.5. The highest BCUT2D eigenvalue weighted by Gasteiger charge is 2.07. The maximum Gasteiger partial charge on any atom is 0.251 e. The molecule has 0 fully saturated rings. The first-order valence-electron chi connectivity index (χ1n) is 6.50. The summed E-state index contributed by atoms with van der Waals surface area (Å²) >= 11 is 0. The van der Waals surface area contributed by atoms with Gasteiger partial charge in [0.1, 0.15) is 0 Å². The molecular formula is C16H17NO3S. The van der Waals surface area contributed by atoms with Gasteiger partial charge in [-0.25, -0.2) is 8.42 Å². The molecule has 0 spiro atoms. The van der Waals surface area contributed by atoms with Gasteiger partial charge in [0.25, 0.3) is 5.91 Å². The van der Waals surface area contributed by atoms with E-state index in [1.54, 1.807) is 30.3 Å². The molecule has 0 aliphatic heterocycles. The van der Waals surface area contributed by atoms with Crippen molar-refractivity contribution in [1.29, 1.82) is 0 Å². The van der Waals surface area contributed by atoms with Crippen molar-refractivity contribution in [1.82, 2.24) is 5.32 Å². The van der Waals surface area contributed by atoms with Crippen molar-refractivity contribution < 1.29 is 13.2 Å². The second-order valence-electron chi connectivity index (χ2n) is 4.97. The SMILES string of the molecule is Cc1cccc(C(=O)NCc2ccc(S(C)(=O)=O)cc2)c1. The number of aryl methyl sites for hydroxylation is 1. The molecule has 1 N–H and O–H groups in total. The summed E-state index contributed by atoms with van der Waals surface area (Å²) in [5.41, 5.74) is 2.49. The number of rotatable bonds is 4. The van der Waals surface area contributed by atoms with E-state index in [1.165, 1.54) is 6.26 Å². The number of hydrogen-bond acceptors (Lipinski definition) is 3. The van der Waals surface area contributed by atoms with Crippen molar-refractivity contribution in [2.75, 3.05) is 6.26 Å². The molecule has 5 heteroatoms. The lowest BCUT2D eigenvalue weighted by atomic mass is 10.1. The molecule has 0 atom stereocenters. The quantitative estimate of drug-likeness (QED) is 0.943. The van der Waals surface area contributed by atoms with Gasteiger partial charge in [-0.15, -0.1) is 0 Å². The van der Waals surface area contributed by atoms with E-state index >= 15 is 0 Å². The zero-order valence-corrected chi connectivity index (χ0v) is 12.8. The van der Waals surface area contributed by atoms with Gasteiger partial charge in [-0.1, -0.05) is 29.8 Å². The van der Waals surface area contributed by atoms with Crippen molar-refractivity contribution in [2.45, 2.75) is 18.4 Å². The lowest BCUT2D eigenvalue weighted by molar-refractivity contribution is 0.0951. The van der Waals surface area contributed by atoms with Crippen LogP contribution in [0.25, 0.3) is 0 Å². The molecule has 0 radical (unpaired) electrons. The van der Waals surface area contributed by atoms with Gasteiger partial charge in [0, 0.05) is 18.4 Å². The number of carbonyl (C=O) groups excluding carboxylic acids is 1. The predicted octanol–water partition coefficient (Wildman–Crippen LogP) is 2.33. The molecule has 0 bridgehead atoms. The Kier molecular flexibility index (Phi) is 4.43. The Balaban J connectivity index is 2.02. The molecule has 0 heterocycles. The van der Waals surface area contributed by atoms with Crippen LogP contribution in [-0.2, 0) is 16.4 Å². The zero-order valence-electron chi connectivity index (χ0n) is 12.0. The third-order valence-electron chi connectivity index (χ3n) is 3.08. The number of benzene rings is 2. The molecule has 0 saturated carbocycles. The van der Waals surface area contributed by atoms with Crippen LogP contribution in [0, 0.1) is 6.92 Å². The summed E-state index contributed by atoms with van der Waals surface area (Å²) in [6, 6.07) is 13.8. The van der Waals surface area contributed by atoms with Crippen molar-refractivity contribution >= 4 is 15.7 Å². The normalized spacial score (nSPS) is 11.1. The summed E-state index contributed by atoms with van der Waals surface area (Å²) < 4.78 is 22.7. The Morgan fingerprint density at radius 1 is 1.10 bits per heavy atom. The largest absolute Gasteiger partial charge is 0.348 e. The molecule has 0 aliphatic carbocycles. The molecule has 110 valence electrons. The maximum atomic E-state index is 12.0. The molecule has 0 unspecified atom stereocenters. The smallest absolute Gasteiger partial charge is 0.251 e. The van der Waals surface area contributed by atoms with E-state index in [0.29, 0.717) is 12.1 Å². The molecule has 0 saturated heterocycles. The third kappa shape index (κ3) is 4.16. The molecule has 2 aromatic rings. The standard InChI is InChI=1S/C16H17NO3S/c1-12-4-3-5-14(10-12)16(18)17-11-13-6-8-15(9-7-13)21(2,19)20/h3-10H,11H2,1-2H3,(H,17,18). The lowest BCUT2D eigenvalue weighted by Crippen LogP contribution is -2.22. The second kappa shape index (κ2) is 6.10. The monoisotopic (exact) mass is 303 g/mol. The highest BCUT2D eigenvalue weighted by Crippen LogP contribution is 2.10. The number of amides is 1. The Bertz CT molecular complexity index is 749. The molecular weight excluding hydrogens is 286 g/mol. The Labute approximate surface area is 124 Å². The van der Waals surface area contributed by atoms with E-state index in [0.717, 1.165) is 11.1 Å². The minimum absolute atomic E-state index is 0.147. The molecule has 4 nitrogen and oxygen atoms in total. The summed E-state index contributed by atoms with van der Waals surface area (Å²) in [5.74, 6) is -0.147. The van der Waals surface area contributed by atoms with E-state index in [9.17, 15) is 13.2 Å². The highest BCUT2D eigenvalue weighted by atomic mass is 32.2. The summed E-state index contributed by atoms with van der Waals surface area (Å²) in [4.78, 5) is 12.3. The van der Waals surface area contributed by atoms with Crippen LogP contribution in [0.1, 0.15) is 21.5 Å². The highest BCUT2D eigenvalue weighted by molar-refractivity contribution is 7.90. The van der Waals surface area contributed by atoms with Gasteiger partial charge in [-0.2, -0.15) is 0 Å². The summed E-state index contributed by atoms with van der Waals surface area (Å²) in [6.07, 6.45) is 1.17. The second-order valence-corrected chi connectivity index (χ2v) is 6.98. The van der Waals surface area contributed by atoms with E-state index in [1.807, 2.05) is 25.1 Å². The average Bonchev–Trinajstić information content (AvgIpc) is 2.44. The van der Waals surface area contributed by atoms with Gasteiger partial charge < -0.3 is 5.32 Å². The van der Waals surface area contributed by atoms with Gasteiger partial charge in [0.15, 0.2) is 9.84 Å². The Morgan fingerprint density at radius 2 is 1.76 bits per heavy atom. The van der Waals surface area contributed by atoms with Crippen molar-refractivity contribution in [3.8, 4) is 0 Å². The maximum absolute atomic E-state index is 12.0. The fourth-order valence-electron chi connectivity index (χ4n) is 1.93. The van der Waals surface area contributed by atoms with Crippen LogP contribution >= 0.6 is 0 Å². The van der Waals surface area contributed by atoms with E-state index in [4.69, 9.17) is 0 Å².